The fraction of sp³-hybridized carbons (Fsp3) is 0.308. The smallest absolute Gasteiger partial charge is 0.383 e. The number of fused-ring (bicyclic) bond motifs is 1. The Kier molecular flexibility index (Phi) is 3.61. The summed E-state index contributed by atoms with van der Waals surface area (Å²) >= 11 is 0. The SMILES string of the molecule is COCCn1cc(C(=O)C(F)(F)F)c2ccccc21. The summed E-state index contributed by atoms with van der Waals surface area (Å²) in [6, 6.07) is 6.51. The third-order valence-electron chi connectivity index (χ3n) is 2.83. The normalized spacial score (nSPS) is 12.0. The summed E-state index contributed by atoms with van der Waals surface area (Å²) in [5.41, 5.74) is 0.270. The maximum atomic E-state index is 12.5. The molecule has 0 radical (unpaired) electrons. The number of carbonyl (C=O) groups is 1. The van der Waals surface area contributed by atoms with Gasteiger partial charge in [-0.2, -0.15) is 13.2 Å². The average molecular weight is 271 g/mol. The van der Waals surface area contributed by atoms with E-state index in [-0.39, 0.29) is 5.56 Å². The second kappa shape index (κ2) is 5.05. The van der Waals surface area contributed by atoms with Crippen LogP contribution in [0.4, 0.5) is 13.2 Å². The van der Waals surface area contributed by atoms with Gasteiger partial charge >= 0.3 is 6.18 Å². The van der Waals surface area contributed by atoms with Gasteiger partial charge in [-0.25, -0.2) is 0 Å². The molecule has 3 nitrogen and oxygen atoms in total. The number of nitrogens with zero attached hydrogens (tertiary/aromatic N) is 1. The summed E-state index contributed by atoms with van der Waals surface area (Å²) in [6.07, 6.45) is -3.63. The van der Waals surface area contributed by atoms with E-state index in [2.05, 4.69) is 0 Å². The second-order valence-electron chi connectivity index (χ2n) is 4.07. The minimum atomic E-state index is -4.86. The monoisotopic (exact) mass is 271 g/mol. The lowest BCUT2D eigenvalue weighted by molar-refractivity contribution is -0.0884. The van der Waals surface area contributed by atoms with Crippen LogP contribution in [0, 0.1) is 0 Å². The van der Waals surface area contributed by atoms with Crippen molar-refractivity contribution in [2.75, 3.05) is 13.7 Å². The quantitative estimate of drug-likeness (QED) is 0.800. The zero-order chi connectivity index (χ0) is 14.0. The van der Waals surface area contributed by atoms with E-state index in [9.17, 15) is 18.0 Å². The van der Waals surface area contributed by atoms with Crippen LogP contribution < -0.4 is 0 Å². The largest absolute Gasteiger partial charge is 0.454 e. The Balaban J connectivity index is 2.53. The molecule has 0 saturated carbocycles. The van der Waals surface area contributed by atoms with Gasteiger partial charge < -0.3 is 9.30 Å². The van der Waals surface area contributed by atoms with Crippen molar-refractivity contribution in [3.05, 3.63) is 36.0 Å². The third-order valence-corrected chi connectivity index (χ3v) is 2.83. The van der Waals surface area contributed by atoms with Gasteiger partial charge in [-0.3, -0.25) is 4.79 Å². The van der Waals surface area contributed by atoms with E-state index in [1.54, 1.807) is 22.8 Å². The van der Waals surface area contributed by atoms with Gasteiger partial charge in [-0.1, -0.05) is 18.2 Å². The Hall–Kier alpha value is -1.82. The molecule has 19 heavy (non-hydrogen) atoms. The molecular formula is C13H12F3NO2. The molecule has 0 aliphatic rings. The van der Waals surface area contributed by atoms with Crippen LogP contribution in [0.3, 0.4) is 0 Å². The highest BCUT2D eigenvalue weighted by molar-refractivity contribution is 6.10. The van der Waals surface area contributed by atoms with Crippen molar-refractivity contribution in [1.29, 1.82) is 0 Å². The highest BCUT2D eigenvalue weighted by Crippen LogP contribution is 2.28. The number of hydrogen-bond acceptors (Lipinski definition) is 2. The molecule has 0 N–H and O–H groups in total. The Morgan fingerprint density at radius 2 is 2.00 bits per heavy atom. The van der Waals surface area contributed by atoms with Crippen LogP contribution in [0.15, 0.2) is 30.5 Å². The van der Waals surface area contributed by atoms with Gasteiger partial charge in [0.1, 0.15) is 0 Å². The molecule has 0 aliphatic heterocycles. The first-order valence-corrected chi connectivity index (χ1v) is 5.63. The average Bonchev–Trinajstić information content (AvgIpc) is 2.73. The van der Waals surface area contributed by atoms with Crippen molar-refractivity contribution < 1.29 is 22.7 Å². The number of aromatic nitrogens is 1. The number of ketones is 1. The first-order chi connectivity index (χ1) is 8.95. The van der Waals surface area contributed by atoms with Gasteiger partial charge in [0.05, 0.1) is 12.2 Å². The molecule has 1 aromatic carbocycles. The number of ether oxygens (including phenoxy) is 1. The van der Waals surface area contributed by atoms with Gasteiger partial charge in [-0.05, 0) is 6.07 Å². The molecule has 1 heterocycles. The summed E-state index contributed by atoms with van der Waals surface area (Å²) in [6.45, 7) is 0.750. The molecule has 0 bridgehead atoms. The predicted molar refractivity (Wildman–Crippen MR) is 64.2 cm³/mol. The van der Waals surface area contributed by atoms with Gasteiger partial charge in [0.25, 0.3) is 5.78 Å². The van der Waals surface area contributed by atoms with Crippen molar-refractivity contribution >= 4 is 16.7 Å². The van der Waals surface area contributed by atoms with Crippen molar-refractivity contribution in [2.45, 2.75) is 12.7 Å². The molecule has 6 heteroatoms. The molecule has 0 fully saturated rings. The first-order valence-electron chi connectivity index (χ1n) is 5.63. The molecule has 0 saturated heterocycles. The number of rotatable bonds is 4. The van der Waals surface area contributed by atoms with Crippen molar-refractivity contribution in [1.82, 2.24) is 4.57 Å². The molecular weight excluding hydrogens is 259 g/mol. The molecule has 0 spiro atoms. The van der Waals surface area contributed by atoms with Crippen LogP contribution in [-0.2, 0) is 11.3 Å². The van der Waals surface area contributed by atoms with Crippen LogP contribution in [-0.4, -0.2) is 30.2 Å². The Morgan fingerprint density at radius 3 is 2.63 bits per heavy atom. The number of benzene rings is 1. The summed E-state index contributed by atoms with van der Waals surface area (Å²) in [7, 11) is 1.51. The van der Waals surface area contributed by atoms with Gasteiger partial charge in [0.2, 0.25) is 0 Å². The number of para-hydroxylation sites is 1. The van der Waals surface area contributed by atoms with Crippen molar-refractivity contribution in [3.8, 4) is 0 Å². The number of hydrogen-bond donors (Lipinski definition) is 0. The van der Waals surface area contributed by atoms with E-state index >= 15 is 0 Å². The van der Waals surface area contributed by atoms with Gasteiger partial charge in [0, 0.05) is 30.8 Å². The van der Waals surface area contributed by atoms with E-state index in [1.165, 1.54) is 19.4 Å². The number of methoxy groups -OCH3 is 1. The molecule has 0 aliphatic carbocycles. The topological polar surface area (TPSA) is 31.2 Å². The summed E-state index contributed by atoms with van der Waals surface area (Å²) in [5.74, 6) is -1.82. The summed E-state index contributed by atoms with van der Waals surface area (Å²) in [4.78, 5) is 11.4. The predicted octanol–water partition coefficient (Wildman–Crippen LogP) is 3.03. The first kappa shape index (κ1) is 13.6. The molecule has 0 amide bonds. The highest BCUT2D eigenvalue weighted by atomic mass is 19.4. The lowest BCUT2D eigenvalue weighted by Crippen LogP contribution is -2.22. The van der Waals surface area contributed by atoms with Crippen LogP contribution in [0.5, 0.6) is 0 Å². The van der Waals surface area contributed by atoms with E-state index in [1.807, 2.05) is 0 Å². The minimum absolute atomic E-state index is 0.306. The second-order valence-corrected chi connectivity index (χ2v) is 4.07. The van der Waals surface area contributed by atoms with Crippen molar-refractivity contribution in [2.24, 2.45) is 0 Å². The fourth-order valence-electron chi connectivity index (χ4n) is 1.96. The van der Waals surface area contributed by atoms with E-state index in [0.29, 0.717) is 24.1 Å². The number of Topliss-reactive ketones (excluding diaryl/α,β-unsaturated/α-hetero) is 1. The molecule has 1 aromatic heterocycles. The summed E-state index contributed by atoms with van der Waals surface area (Å²) in [5, 5.41) is 0.306. The van der Waals surface area contributed by atoms with E-state index in [4.69, 9.17) is 4.74 Å². The molecule has 0 atom stereocenters. The number of halogens is 3. The molecule has 102 valence electrons. The van der Waals surface area contributed by atoms with Gasteiger partial charge in [-0.15, -0.1) is 0 Å². The van der Waals surface area contributed by atoms with E-state index in [0.717, 1.165) is 0 Å². The Bertz CT molecular complexity index is 601. The number of alkyl halides is 3. The fourth-order valence-corrected chi connectivity index (χ4v) is 1.96. The summed E-state index contributed by atoms with van der Waals surface area (Å²) < 4.78 is 44.1. The Labute approximate surface area is 107 Å². The highest BCUT2D eigenvalue weighted by Gasteiger charge is 2.40. The van der Waals surface area contributed by atoms with Crippen molar-refractivity contribution in [3.63, 3.8) is 0 Å². The molecule has 0 unspecified atom stereocenters. The zero-order valence-electron chi connectivity index (χ0n) is 10.2. The molecule has 2 rings (SSSR count). The Morgan fingerprint density at radius 1 is 1.32 bits per heavy atom. The standard InChI is InChI=1S/C13H12F3NO2/c1-19-7-6-17-8-10(12(18)13(14,15)16)9-4-2-3-5-11(9)17/h2-5,8H,6-7H2,1H3. The maximum absolute atomic E-state index is 12.5. The minimum Gasteiger partial charge on any atom is -0.383 e. The van der Waals surface area contributed by atoms with E-state index < -0.39 is 12.0 Å². The van der Waals surface area contributed by atoms with Crippen LogP contribution >= 0.6 is 0 Å². The lowest BCUT2D eigenvalue weighted by atomic mass is 10.1. The van der Waals surface area contributed by atoms with Crippen LogP contribution in [0.1, 0.15) is 10.4 Å². The maximum Gasteiger partial charge on any atom is 0.454 e. The van der Waals surface area contributed by atoms with Crippen LogP contribution in [0.2, 0.25) is 0 Å². The zero-order valence-corrected chi connectivity index (χ0v) is 10.2. The lowest BCUT2D eigenvalue weighted by Gasteiger charge is -2.03. The number of carbonyl (C=O) groups excluding carboxylic acids is 1. The van der Waals surface area contributed by atoms with Gasteiger partial charge in [0.15, 0.2) is 0 Å². The van der Waals surface area contributed by atoms with Crippen LogP contribution in [0.25, 0.3) is 10.9 Å². The molecule has 2 aromatic rings. The third kappa shape index (κ3) is 2.63.